The van der Waals surface area contributed by atoms with Gasteiger partial charge in [-0.15, -0.1) is 0 Å². The summed E-state index contributed by atoms with van der Waals surface area (Å²) in [5.74, 6) is 0. The van der Waals surface area contributed by atoms with E-state index in [1.165, 1.54) is 11.1 Å². The van der Waals surface area contributed by atoms with Crippen molar-refractivity contribution in [2.24, 2.45) is 0 Å². The Morgan fingerprint density at radius 1 is 1.33 bits per heavy atom. The molecule has 0 aromatic heterocycles. The van der Waals surface area contributed by atoms with Crippen LogP contribution in [-0.4, -0.2) is 30.8 Å². The number of carbonyl (C=O) groups excluding carboxylic acids is 1. The maximum atomic E-state index is 12.1. The molecule has 0 radical (unpaired) electrons. The Morgan fingerprint density at radius 2 is 2.05 bits per heavy atom. The first-order chi connectivity index (χ1) is 10.1. The Kier molecular flexibility index (Phi) is 4.15. The summed E-state index contributed by atoms with van der Waals surface area (Å²) < 4.78 is 5.56. The van der Waals surface area contributed by atoms with Crippen LogP contribution in [0.3, 0.4) is 0 Å². The predicted octanol–water partition coefficient (Wildman–Crippen LogP) is 2.41. The van der Waals surface area contributed by atoms with Crippen LogP contribution in [0.4, 0.5) is 4.79 Å². The van der Waals surface area contributed by atoms with Crippen molar-refractivity contribution in [2.75, 3.05) is 13.2 Å². The highest BCUT2D eigenvalue weighted by atomic mass is 16.5. The van der Waals surface area contributed by atoms with Gasteiger partial charge >= 0.3 is 6.03 Å². The van der Waals surface area contributed by atoms with E-state index in [1.807, 2.05) is 0 Å². The maximum absolute atomic E-state index is 12.1. The highest BCUT2D eigenvalue weighted by Gasteiger charge is 2.33. The van der Waals surface area contributed by atoms with Gasteiger partial charge in [-0.3, -0.25) is 0 Å². The first kappa shape index (κ1) is 14.4. The minimum Gasteiger partial charge on any atom is -0.378 e. The number of ether oxygens (including phenoxy) is 1. The molecule has 0 bridgehead atoms. The zero-order chi connectivity index (χ0) is 14.7. The van der Waals surface area contributed by atoms with Crippen molar-refractivity contribution in [1.82, 2.24) is 10.6 Å². The lowest BCUT2D eigenvalue weighted by molar-refractivity contribution is 0.104. The van der Waals surface area contributed by atoms with Crippen LogP contribution in [0.25, 0.3) is 0 Å². The lowest BCUT2D eigenvalue weighted by Crippen LogP contribution is -2.51. The van der Waals surface area contributed by atoms with Gasteiger partial charge in [0.05, 0.1) is 6.10 Å². The largest absolute Gasteiger partial charge is 0.378 e. The number of rotatable bonds is 4. The van der Waals surface area contributed by atoms with Crippen LogP contribution in [0.2, 0.25) is 0 Å². The van der Waals surface area contributed by atoms with E-state index in [4.69, 9.17) is 4.74 Å². The molecule has 0 unspecified atom stereocenters. The molecule has 2 aliphatic rings. The topological polar surface area (TPSA) is 50.4 Å². The zero-order valence-corrected chi connectivity index (χ0v) is 12.7. The summed E-state index contributed by atoms with van der Waals surface area (Å²) >= 11 is 0. The van der Waals surface area contributed by atoms with Gasteiger partial charge in [-0.2, -0.15) is 0 Å². The molecular formula is C17H24N2O2. The number of hydrogen-bond acceptors (Lipinski definition) is 2. The van der Waals surface area contributed by atoms with E-state index in [1.54, 1.807) is 0 Å². The molecule has 2 N–H and O–H groups in total. The first-order valence-corrected chi connectivity index (χ1v) is 7.89. The summed E-state index contributed by atoms with van der Waals surface area (Å²) in [6.07, 6.45) is 5.31. The van der Waals surface area contributed by atoms with Gasteiger partial charge in [-0.1, -0.05) is 24.3 Å². The molecule has 1 aromatic carbocycles. The highest BCUT2D eigenvalue weighted by molar-refractivity contribution is 5.75. The number of nitrogens with one attached hydrogen (secondary N) is 2. The molecule has 1 saturated heterocycles. The van der Waals surface area contributed by atoms with E-state index in [0.717, 1.165) is 38.7 Å². The Morgan fingerprint density at radius 3 is 2.67 bits per heavy atom. The number of amides is 2. The van der Waals surface area contributed by atoms with E-state index in [-0.39, 0.29) is 11.6 Å². The van der Waals surface area contributed by atoms with E-state index < -0.39 is 0 Å². The average molecular weight is 288 g/mol. The Bertz CT molecular complexity index is 484. The molecule has 1 fully saturated rings. The number of fused-ring (bicyclic) bond motifs is 1. The highest BCUT2D eigenvalue weighted by Crippen LogP contribution is 2.29. The molecule has 114 valence electrons. The average Bonchev–Trinajstić information content (AvgIpc) is 3.04. The SMILES string of the molecule is CC1(NC(=O)NCC[C@H]2CCCO2)Cc2ccccc2C1. The molecule has 1 aliphatic heterocycles. The minimum absolute atomic E-state index is 0.0664. The van der Waals surface area contributed by atoms with Gasteiger partial charge in [0.2, 0.25) is 0 Å². The normalized spacial score (nSPS) is 22.8. The summed E-state index contributed by atoms with van der Waals surface area (Å²) in [4.78, 5) is 12.1. The van der Waals surface area contributed by atoms with Crippen LogP contribution in [0.5, 0.6) is 0 Å². The van der Waals surface area contributed by atoms with E-state index in [9.17, 15) is 4.79 Å². The van der Waals surface area contributed by atoms with Gasteiger partial charge in [0, 0.05) is 18.7 Å². The quantitative estimate of drug-likeness (QED) is 0.894. The van der Waals surface area contributed by atoms with Crippen molar-refractivity contribution < 1.29 is 9.53 Å². The van der Waals surface area contributed by atoms with Crippen molar-refractivity contribution in [1.29, 1.82) is 0 Å². The lowest BCUT2D eigenvalue weighted by Gasteiger charge is -2.25. The lowest BCUT2D eigenvalue weighted by atomic mass is 9.99. The third kappa shape index (κ3) is 3.56. The van der Waals surface area contributed by atoms with Gasteiger partial charge in [0.15, 0.2) is 0 Å². The second-order valence-electron chi connectivity index (χ2n) is 6.49. The number of carbonyl (C=O) groups is 1. The van der Waals surface area contributed by atoms with Crippen LogP contribution in [0, 0.1) is 0 Å². The third-order valence-corrected chi connectivity index (χ3v) is 4.47. The standard InChI is InChI=1S/C17H24N2O2/c1-17(11-13-5-2-3-6-14(13)12-17)19-16(20)18-9-8-15-7-4-10-21-15/h2-3,5-6,15H,4,7-12H2,1H3,(H2,18,19,20)/t15-/m1/s1. The molecule has 0 saturated carbocycles. The molecule has 3 rings (SSSR count). The van der Waals surface area contributed by atoms with Crippen molar-refractivity contribution in [2.45, 2.75) is 50.7 Å². The number of benzene rings is 1. The maximum Gasteiger partial charge on any atom is 0.315 e. The summed E-state index contributed by atoms with van der Waals surface area (Å²) in [5, 5.41) is 6.10. The molecule has 4 nitrogen and oxygen atoms in total. The predicted molar refractivity (Wildman–Crippen MR) is 82.4 cm³/mol. The van der Waals surface area contributed by atoms with Crippen molar-refractivity contribution >= 4 is 6.03 Å². The van der Waals surface area contributed by atoms with E-state index >= 15 is 0 Å². The molecule has 4 heteroatoms. The van der Waals surface area contributed by atoms with Gasteiger partial charge in [0.25, 0.3) is 0 Å². The van der Waals surface area contributed by atoms with Gasteiger partial charge in [-0.25, -0.2) is 4.79 Å². The monoisotopic (exact) mass is 288 g/mol. The van der Waals surface area contributed by atoms with E-state index in [2.05, 4.69) is 41.8 Å². The summed E-state index contributed by atoms with van der Waals surface area (Å²) in [6, 6.07) is 8.36. The van der Waals surface area contributed by atoms with Crippen molar-refractivity contribution in [3.63, 3.8) is 0 Å². The smallest absolute Gasteiger partial charge is 0.315 e. The molecule has 21 heavy (non-hydrogen) atoms. The van der Waals surface area contributed by atoms with Crippen molar-refractivity contribution in [3.05, 3.63) is 35.4 Å². The Labute approximate surface area is 126 Å². The Hall–Kier alpha value is -1.55. The molecule has 0 spiro atoms. The zero-order valence-electron chi connectivity index (χ0n) is 12.7. The fourth-order valence-corrected chi connectivity index (χ4v) is 3.43. The summed E-state index contributed by atoms with van der Waals surface area (Å²) in [7, 11) is 0. The van der Waals surface area contributed by atoms with Gasteiger partial charge in [0.1, 0.15) is 0 Å². The molecular weight excluding hydrogens is 264 g/mol. The summed E-state index contributed by atoms with van der Waals surface area (Å²) in [5.41, 5.74) is 2.52. The molecule has 1 aromatic rings. The Balaban J connectivity index is 1.44. The van der Waals surface area contributed by atoms with E-state index in [0.29, 0.717) is 12.6 Å². The van der Waals surface area contributed by atoms with Crippen LogP contribution in [-0.2, 0) is 17.6 Å². The van der Waals surface area contributed by atoms with Crippen LogP contribution in [0.15, 0.2) is 24.3 Å². The fourth-order valence-electron chi connectivity index (χ4n) is 3.43. The minimum atomic E-state index is -0.169. The van der Waals surface area contributed by atoms with Gasteiger partial charge in [-0.05, 0) is 50.2 Å². The molecule has 2 amide bonds. The van der Waals surface area contributed by atoms with Crippen LogP contribution >= 0.6 is 0 Å². The second-order valence-corrected chi connectivity index (χ2v) is 6.49. The molecule has 1 aliphatic carbocycles. The number of hydrogen-bond donors (Lipinski definition) is 2. The number of urea groups is 1. The van der Waals surface area contributed by atoms with Gasteiger partial charge < -0.3 is 15.4 Å². The second kappa shape index (κ2) is 6.06. The van der Waals surface area contributed by atoms with Crippen LogP contribution < -0.4 is 10.6 Å². The molecule has 1 heterocycles. The van der Waals surface area contributed by atoms with Crippen molar-refractivity contribution in [3.8, 4) is 0 Å². The summed E-state index contributed by atoms with van der Waals surface area (Å²) in [6.45, 7) is 3.67. The molecule has 1 atom stereocenters. The van der Waals surface area contributed by atoms with Crippen LogP contribution in [0.1, 0.15) is 37.3 Å². The third-order valence-electron chi connectivity index (χ3n) is 4.47. The fraction of sp³-hybridized carbons (Fsp3) is 0.588. The first-order valence-electron chi connectivity index (χ1n) is 7.89.